The van der Waals surface area contributed by atoms with Gasteiger partial charge in [-0.05, 0) is 25.8 Å². The van der Waals surface area contributed by atoms with Gasteiger partial charge in [0.05, 0.1) is 6.54 Å². The molecule has 2 aliphatic rings. The van der Waals surface area contributed by atoms with Crippen molar-refractivity contribution < 1.29 is 9.59 Å². The third kappa shape index (κ3) is 3.02. The molecule has 0 unspecified atom stereocenters. The molecule has 0 spiro atoms. The van der Waals surface area contributed by atoms with E-state index in [-0.39, 0.29) is 11.8 Å². The maximum Gasteiger partial charge on any atom is 0.317 e. The number of rotatable bonds is 4. The summed E-state index contributed by atoms with van der Waals surface area (Å²) in [4.78, 5) is 32.1. The number of Topliss-reactive ketones (excluding diaryl/α,β-unsaturated/α-hetero) is 1. The van der Waals surface area contributed by atoms with Crippen LogP contribution in [0, 0.1) is 6.92 Å². The molecule has 2 amide bonds. The molecule has 3 heterocycles. The van der Waals surface area contributed by atoms with Gasteiger partial charge < -0.3 is 15.2 Å². The molecular formula is C19H24N4O2. The van der Waals surface area contributed by atoms with Gasteiger partial charge in [-0.25, -0.2) is 4.79 Å². The van der Waals surface area contributed by atoms with Gasteiger partial charge in [-0.15, -0.1) is 0 Å². The summed E-state index contributed by atoms with van der Waals surface area (Å²) in [6, 6.07) is 8.33. The SMILES string of the molecule is Cc1[nH]c2ccccc2c1C(=O)CN1CCC(N2CCNC2=O)CC1. The van der Waals surface area contributed by atoms with E-state index in [0.717, 1.165) is 61.2 Å². The van der Waals surface area contributed by atoms with Crippen LogP contribution in [0.1, 0.15) is 28.9 Å². The molecular weight excluding hydrogens is 316 g/mol. The van der Waals surface area contributed by atoms with E-state index >= 15 is 0 Å². The molecule has 0 aliphatic carbocycles. The molecule has 6 heteroatoms. The zero-order valence-corrected chi connectivity index (χ0v) is 14.5. The van der Waals surface area contributed by atoms with Crippen LogP contribution < -0.4 is 5.32 Å². The summed E-state index contributed by atoms with van der Waals surface area (Å²) in [6.07, 6.45) is 1.88. The lowest BCUT2D eigenvalue weighted by molar-refractivity contribution is 0.0872. The van der Waals surface area contributed by atoms with Crippen LogP contribution >= 0.6 is 0 Å². The Morgan fingerprint density at radius 1 is 1.20 bits per heavy atom. The van der Waals surface area contributed by atoms with Gasteiger partial charge in [0, 0.05) is 54.4 Å². The minimum absolute atomic E-state index is 0.0592. The predicted octanol–water partition coefficient (Wildman–Crippen LogP) is 2.15. The molecule has 25 heavy (non-hydrogen) atoms. The number of nitrogens with one attached hydrogen (secondary N) is 2. The second-order valence-electron chi connectivity index (χ2n) is 7.03. The van der Waals surface area contributed by atoms with E-state index in [9.17, 15) is 9.59 Å². The van der Waals surface area contributed by atoms with Gasteiger partial charge in [0.15, 0.2) is 5.78 Å². The number of hydrogen-bond donors (Lipinski definition) is 2. The average Bonchev–Trinajstić information content (AvgIpc) is 3.17. The fourth-order valence-corrected chi connectivity index (χ4v) is 4.14. The first-order chi connectivity index (χ1) is 12.1. The number of H-pyrrole nitrogens is 1. The fourth-order valence-electron chi connectivity index (χ4n) is 4.14. The van der Waals surface area contributed by atoms with E-state index in [1.54, 1.807) is 0 Å². The second-order valence-corrected chi connectivity index (χ2v) is 7.03. The van der Waals surface area contributed by atoms with Crippen LogP contribution in [0.25, 0.3) is 10.9 Å². The predicted molar refractivity (Wildman–Crippen MR) is 96.9 cm³/mol. The molecule has 0 atom stereocenters. The fraction of sp³-hybridized carbons (Fsp3) is 0.474. The Bertz CT molecular complexity index is 805. The van der Waals surface area contributed by atoms with Crippen LogP contribution in [0.5, 0.6) is 0 Å². The van der Waals surface area contributed by atoms with Crippen LogP contribution in [-0.4, -0.2) is 65.4 Å². The molecule has 2 saturated heterocycles. The summed E-state index contributed by atoms with van der Waals surface area (Å²) in [6.45, 7) is 5.69. The number of amides is 2. The van der Waals surface area contributed by atoms with E-state index in [1.165, 1.54) is 0 Å². The number of piperidine rings is 1. The Morgan fingerprint density at radius 3 is 2.68 bits per heavy atom. The number of aryl methyl sites for hydroxylation is 1. The summed E-state index contributed by atoms with van der Waals surface area (Å²) < 4.78 is 0. The Labute approximate surface area is 147 Å². The Balaban J connectivity index is 1.40. The van der Waals surface area contributed by atoms with E-state index in [4.69, 9.17) is 0 Å². The highest BCUT2D eigenvalue weighted by molar-refractivity contribution is 6.10. The van der Waals surface area contributed by atoms with Gasteiger partial charge in [0.1, 0.15) is 0 Å². The topological polar surface area (TPSA) is 68.4 Å². The summed E-state index contributed by atoms with van der Waals surface area (Å²) in [7, 11) is 0. The smallest absolute Gasteiger partial charge is 0.317 e. The molecule has 0 radical (unpaired) electrons. The van der Waals surface area contributed by atoms with Crippen LogP contribution in [0.15, 0.2) is 24.3 Å². The van der Waals surface area contributed by atoms with Crippen LogP contribution in [0.3, 0.4) is 0 Å². The number of aromatic amines is 1. The number of likely N-dealkylation sites (tertiary alicyclic amines) is 1. The lowest BCUT2D eigenvalue weighted by atomic mass is 10.0. The molecule has 0 bridgehead atoms. The van der Waals surface area contributed by atoms with Crippen LogP contribution in [-0.2, 0) is 0 Å². The maximum atomic E-state index is 12.9. The number of ketones is 1. The minimum Gasteiger partial charge on any atom is -0.358 e. The largest absolute Gasteiger partial charge is 0.358 e. The number of benzene rings is 1. The third-order valence-electron chi connectivity index (χ3n) is 5.43. The lowest BCUT2D eigenvalue weighted by Gasteiger charge is -2.35. The van der Waals surface area contributed by atoms with Crippen molar-refractivity contribution in [3.8, 4) is 0 Å². The first-order valence-corrected chi connectivity index (χ1v) is 9.01. The monoisotopic (exact) mass is 340 g/mol. The van der Waals surface area contributed by atoms with Gasteiger partial charge in [0.2, 0.25) is 0 Å². The standard InChI is InChI=1S/C19H24N4O2/c1-13-18(15-4-2-3-5-16(15)21-13)17(24)12-22-9-6-14(7-10-22)23-11-8-20-19(23)25/h2-5,14,21H,6-12H2,1H3,(H,20,25). The minimum atomic E-state index is 0.0592. The molecule has 2 aromatic rings. The van der Waals surface area contributed by atoms with Crippen molar-refractivity contribution in [2.24, 2.45) is 0 Å². The van der Waals surface area contributed by atoms with Gasteiger partial charge in [-0.3, -0.25) is 9.69 Å². The summed E-state index contributed by atoms with van der Waals surface area (Å²) in [5, 5.41) is 3.88. The van der Waals surface area contributed by atoms with Crippen LogP contribution in [0.2, 0.25) is 0 Å². The number of aromatic nitrogens is 1. The molecule has 2 N–H and O–H groups in total. The number of fused-ring (bicyclic) bond motifs is 1. The summed E-state index contributed by atoms with van der Waals surface area (Å²) in [5.74, 6) is 0.173. The van der Waals surface area contributed by atoms with E-state index in [2.05, 4.69) is 15.2 Å². The molecule has 2 aliphatic heterocycles. The van der Waals surface area contributed by atoms with Crippen molar-refractivity contribution in [2.45, 2.75) is 25.8 Å². The molecule has 132 valence electrons. The lowest BCUT2D eigenvalue weighted by Crippen LogP contribution is -2.47. The maximum absolute atomic E-state index is 12.9. The first-order valence-electron chi connectivity index (χ1n) is 9.01. The van der Waals surface area contributed by atoms with Crippen molar-refractivity contribution in [2.75, 3.05) is 32.7 Å². The number of para-hydroxylation sites is 1. The summed E-state index contributed by atoms with van der Waals surface area (Å²) >= 11 is 0. The number of carbonyl (C=O) groups is 2. The number of nitrogens with zero attached hydrogens (tertiary/aromatic N) is 2. The van der Waals surface area contributed by atoms with E-state index < -0.39 is 0 Å². The Hall–Kier alpha value is -2.34. The van der Waals surface area contributed by atoms with Crippen molar-refractivity contribution in [1.82, 2.24) is 20.1 Å². The van der Waals surface area contributed by atoms with Crippen molar-refractivity contribution >= 4 is 22.7 Å². The molecule has 0 saturated carbocycles. The molecule has 4 rings (SSSR count). The number of carbonyl (C=O) groups excluding carboxylic acids is 2. The van der Waals surface area contributed by atoms with Gasteiger partial charge in [-0.2, -0.15) is 0 Å². The van der Waals surface area contributed by atoms with E-state index in [0.29, 0.717) is 12.6 Å². The van der Waals surface area contributed by atoms with Crippen molar-refractivity contribution in [3.05, 3.63) is 35.5 Å². The van der Waals surface area contributed by atoms with Gasteiger partial charge in [-0.1, -0.05) is 18.2 Å². The van der Waals surface area contributed by atoms with Crippen molar-refractivity contribution in [3.63, 3.8) is 0 Å². The zero-order chi connectivity index (χ0) is 17.4. The van der Waals surface area contributed by atoms with Gasteiger partial charge in [0.25, 0.3) is 0 Å². The highest BCUT2D eigenvalue weighted by atomic mass is 16.2. The average molecular weight is 340 g/mol. The Kier molecular flexibility index (Phi) is 4.21. The quantitative estimate of drug-likeness (QED) is 0.838. The normalized spacial score (nSPS) is 19.6. The molecule has 1 aromatic heterocycles. The highest BCUT2D eigenvalue weighted by Gasteiger charge is 2.31. The third-order valence-corrected chi connectivity index (χ3v) is 5.43. The van der Waals surface area contributed by atoms with Crippen molar-refractivity contribution in [1.29, 1.82) is 0 Å². The zero-order valence-electron chi connectivity index (χ0n) is 14.5. The molecule has 6 nitrogen and oxygen atoms in total. The first kappa shape index (κ1) is 16.1. The van der Waals surface area contributed by atoms with E-state index in [1.807, 2.05) is 36.1 Å². The molecule has 2 fully saturated rings. The Morgan fingerprint density at radius 2 is 1.96 bits per heavy atom. The van der Waals surface area contributed by atoms with Crippen LogP contribution in [0.4, 0.5) is 4.79 Å². The molecule has 1 aromatic carbocycles. The number of hydrogen-bond acceptors (Lipinski definition) is 3. The highest BCUT2D eigenvalue weighted by Crippen LogP contribution is 2.24. The number of urea groups is 1. The van der Waals surface area contributed by atoms with Gasteiger partial charge >= 0.3 is 6.03 Å². The summed E-state index contributed by atoms with van der Waals surface area (Å²) in [5.41, 5.74) is 2.77. The second kappa shape index (κ2) is 6.52.